The summed E-state index contributed by atoms with van der Waals surface area (Å²) in [4.78, 5) is 15.1. The number of halogens is 1. The van der Waals surface area contributed by atoms with E-state index in [9.17, 15) is 9.18 Å². The minimum Gasteiger partial charge on any atom is -0.330 e. The molecule has 0 unspecified atom stereocenters. The van der Waals surface area contributed by atoms with Crippen molar-refractivity contribution < 1.29 is 9.18 Å². The first-order valence-electron chi connectivity index (χ1n) is 9.12. The van der Waals surface area contributed by atoms with Gasteiger partial charge in [-0.15, -0.1) is 0 Å². The molecule has 5 heteroatoms. The van der Waals surface area contributed by atoms with Crippen molar-refractivity contribution >= 4 is 5.91 Å². The normalized spacial score (nSPS) is 17.5. The van der Waals surface area contributed by atoms with Crippen LogP contribution < -0.4 is 0 Å². The summed E-state index contributed by atoms with van der Waals surface area (Å²) in [5.74, 6) is 0.278. The minimum atomic E-state index is -0.248. The monoisotopic (exact) mass is 343 g/mol. The van der Waals surface area contributed by atoms with Crippen LogP contribution in [0.25, 0.3) is 0 Å². The summed E-state index contributed by atoms with van der Waals surface area (Å²) in [5, 5.41) is 4.59. The predicted octanol–water partition coefficient (Wildman–Crippen LogP) is 4.22. The Labute approximate surface area is 148 Å². The van der Waals surface area contributed by atoms with Crippen molar-refractivity contribution in [2.75, 3.05) is 6.54 Å². The molecular weight excluding hydrogens is 317 g/mol. The Morgan fingerprint density at radius 1 is 1.32 bits per heavy atom. The van der Waals surface area contributed by atoms with Gasteiger partial charge in [0.2, 0.25) is 0 Å². The Bertz CT molecular complexity index is 736. The van der Waals surface area contributed by atoms with Gasteiger partial charge in [0.05, 0.1) is 11.7 Å². The molecule has 0 saturated carbocycles. The zero-order valence-corrected chi connectivity index (χ0v) is 15.2. The minimum absolute atomic E-state index is 0.0156. The topological polar surface area (TPSA) is 38.1 Å². The van der Waals surface area contributed by atoms with E-state index in [1.165, 1.54) is 12.1 Å². The van der Waals surface area contributed by atoms with Crippen LogP contribution in [0.15, 0.2) is 30.3 Å². The molecule has 1 aromatic carbocycles. The number of rotatable bonds is 5. The van der Waals surface area contributed by atoms with Crippen LogP contribution in [-0.2, 0) is 13.0 Å². The summed E-state index contributed by atoms with van der Waals surface area (Å²) in [7, 11) is 0. The maximum absolute atomic E-state index is 13.2. The van der Waals surface area contributed by atoms with E-state index in [0.717, 1.165) is 37.1 Å². The number of likely N-dealkylation sites (tertiary alicyclic amines) is 1. The molecule has 1 atom stereocenters. The van der Waals surface area contributed by atoms with Crippen molar-refractivity contribution in [2.24, 2.45) is 5.92 Å². The SMILES string of the molecule is CCn1nc(CC(C)C)cc1C(=O)N1CCC[C@H]1c1ccc(F)cc1. The van der Waals surface area contributed by atoms with Crippen LogP contribution in [0.3, 0.4) is 0 Å². The first-order valence-corrected chi connectivity index (χ1v) is 9.12. The van der Waals surface area contributed by atoms with Gasteiger partial charge in [-0.1, -0.05) is 26.0 Å². The van der Waals surface area contributed by atoms with Crippen LogP contribution in [0.1, 0.15) is 61.4 Å². The smallest absolute Gasteiger partial charge is 0.272 e. The largest absolute Gasteiger partial charge is 0.330 e. The van der Waals surface area contributed by atoms with Crippen molar-refractivity contribution in [2.45, 2.75) is 52.6 Å². The van der Waals surface area contributed by atoms with Crippen LogP contribution in [0, 0.1) is 11.7 Å². The van der Waals surface area contributed by atoms with Crippen molar-refractivity contribution in [3.05, 3.63) is 53.1 Å². The van der Waals surface area contributed by atoms with Gasteiger partial charge in [-0.2, -0.15) is 5.10 Å². The average Bonchev–Trinajstić information content (AvgIpc) is 3.21. The third-order valence-corrected chi connectivity index (χ3v) is 4.74. The third kappa shape index (κ3) is 3.75. The fourth-order valence-electron chi connectivity index (χ4n) is 3.59. The van der Waals surface area contributed by atoms with Crippen molar-refractivity contribution in [3.63, 3.8) is 0 Å². The quantitative estimate of drug-likeness (QED) is 0.815. The van der Waals surface area contributed by atoms with E-state index < -0.39 is 0 Å². The first-order chi connectivity index (χ1) is 12.0. The fraction of sp³-hybridized carbons (Fsp3) is 0.500. The highest BCUT2D eigenvalue weighted by Gasteiger charge is 2.32. The molecule has 0 bridgehead atoms. The van der Waals surface area contributed by atoms with Gasteiger partial charge in [0.15, 0.2) is 0 Å². The number of benzene rings is 1. The van der Waals surface area contributed by atoms with E-state index in [1.54, 1.807) is 16.8 Å². The van der Waals surface area contributed by atoms with Crippen molar-refractivity contribution in [1.29, 1.82) is 0 Å². The zero-order valence-electron chi connectivity index (χ0n) is 15.2. The number of carbonyl (C=O) groups excluding carboxylic acids is 1. The van der Waals surface area contributed by atoms with E-state index in [4.69, 9.17) is 0 Å². The highest BCUT2D eigenvalue weighted by molar-refractivity contribution is 5.93. The lowest BCUT2D eigenvalue weighted by Gasteiger charge is -2.25. The molecule has 3 rings (SSSR count). The van der Waals surface area contributed by atoms with Crippen LogP contribution in [0.2, 0.25) is 0 Å². The molecule has 0 aliphatic carbocycles. The number of amides is 1. The first kappa shape index (κ1) is 17.6. The number of hydrogen-bond donors (Lipinski definition) is 0. The fourth-order valence-corrected chi connectivity index (χ4v) is 3.59. The number of carbonyl (C=O) groups is 1. The van der Waals surface area contributed by atoms with E-state index in [0.29, 0.717) is 18.2 Å². The molecule has 134 valence electrons. The van der Waals surface area contributed by atoms with E-state index in [1.807, 2.05) is 17.9 Å². The summed E-state index contributed by atoms with van der Waals surface area (Å²) >= 11 is 0. The van der Waals surface area contributed by atoms with Crippen molar-refractivity contribution in [3.8, 4) is 0 Å². The Morgan fingerprint density at radius 3 is 2.68 bits per heavy atom. The third-order valence-electron chi connectivity index (χ3n) is 4.74. The summed E-state index contributed by atoms with van der Waals surface area (Å²) in [5.41, 5.74) is 2.63. The lowest BCUT2D eigenvalue weighted by atomic mass is 10.0. The molecule has 1 fully saturated rings. The summed E-state index contributed by atoms with van der Waals surface area (Å²) in [6, 6.07) is 8.45. The molecule has 1 saturated heterocycles. The van der Waals surface area contributed by atoms with Gasteiger partial charge in [-0.05, 0) is 55.9 Å². The molecule has 1 aliphatic rings. The molecule has 0 N–H and O–H groups in total. The number of aryl methyl sites for hydroxylation is 1. The van der Waals surface area contributed by atoms with Gasteiger partial charge in [0.1, 0.15) is 11.5 Å². The highest BCUT2D eigenvalue weighted by Crippen LogP contribution is 2.33. The van der Waals surface area contributed by atoms with Gasteiger partial charge < -0.3 is 4.90 Å². The Hall–Kier alpha value is -2.17. The molecule has 2 heterocycles. The molecule has 25 heavy (non-hydrogen) atoms. The number of hydrogen-bond acceptors (Lipinski definition) is 2. The van der Waals surface area contributed by atoms with Crippen LogP contribution >= 0.6 is 0 Å². The Balaban J connectivity index is 1.86. The van der Waals surface area contributed by atoms with Crippen LogP contribution in [0.5, 0.6) is 0 Å². The van der Waals surface area contributed by atoms with E-state index in [2.05, 4.69) is 18.9 Å². The molecule has 4 nitrogen and oxygen atoms in total. The number of aromatic nitrogens is 2. The van der Waals surface area contributed by atoms with Gasteiger partial charge in [0.25, 0.3) is 5.91 Å². The molecule has 0 spiro atoms. The predicted molar refractivity (Wildman–Crippen MR) is 95.9 cm³/mol. The molecular formula is C20H26FN3O. The van der Waals surface area contributed by atoms with Gasteiger partial charge in [-0.25, -0.2) is 4.39 Å². The maximum Gasteiger partial charge on any atom is 0.272 e. The number of nitrogens with zero attached hydrogens (tertiary/aromatic N) is 3. The molecule has 1 amide bonds. The zero-order chi connectivity index (χ0) is 18.0. The van der Waals surface area contributed by atoms with Gasteiger partial charge in [0, 0.05) is 13.1 Å². The second kappa shape index (κ2) is 7.38. The Morgan fingerprint density at radius 2 is 2.04 bits per heavy atom. The Kier molecular flexibility index (Phi) is 5.21. The van der Waals surface area contributed by atoms with Crippen LogP contribution in [-0.4, -0.2) is 27.1 Å². The average molecular weight is 343 g/mol. The maximum atomic E-state index is 13.2. The molecule has 0 radical (unpaired) electrons. The molecule has 2 aromatic rings. The second-order valence-corrected chi connectivity index (χ2v) is 7.14. The lowest BCUT2D eigenvalue weighted by molar-refractivity contribution is 0.0723. The van der Waals surface area contributed by atoms with Crippen LogP contribution in [0.4, 0.5) is 4.39 Å². The molecule has 1 aliphatic heterocycles. The summed E-state index contributed by atoms with van der Waals surface area (Å²) in [6.07, 6.45) is 2.75. The van der Waals surface area contributed by atoms with E-state index >= 15 is 0 Å². The van der Waals surface area contributed by atoms with E-state index in [-0.39, 0.29) is 17.8 Å². The highest BCUT2D eigenvalue weighted by atomic mass is 19.1. The van der Waals surface area contributed by atoms with Crippen molar-refractivity contribution in [1.82, 2.24) is 14.7 Å². The van der Waals surface area contributed by atoms with Gasteiger partial charge in [-0.3, -0.25) is 9.48 Å². The molecule has 1 aromatic heterocycles. The summed E-state index contributed by atoms with van der Waals surface area (Å²) in [6.45, 7) is 7.71. The second-order valence-electron chi connectivity index (χ2n) is 7.14. The van der Waals surface area contributed by atoms with Gasteiger partial charge >= 0.3 is 0 Å². The lowest BCUT2D eigenvalue weighted by Crippen LogP contribution is -2.32. The standard InChI is InChI=1S/C20H26FN3O/c1-4-24-19(13-17(22-24)12-14(2)3)20(25)23-11-5-6-18(23)15-7-9-16(21)10-8-15/h7-10,13-14,18H,4-6,11-12H2,1-3H3/t18-/m0/s1. The summed E-state index contributed by atoms with van der Waals surface area (Å²) < 4.78 is 15.0.